The largest absolute Gasteiger partial charge is 0.365 e. The van der Waals surface area contributed by atoms with E-state index in [1.807, 2.05) is 41.9 Å². The van der Waals surface area contributed by atoms with Gasteiger partial charge in [-0.3, -0.25) is 0 Å². The molecule has 1 aromatic carbocycles. The third-order valence-corrected chi connectivity index (χ3v) is 3.44. The lowest BCUT2D eigenvalue weighted by atomic mass is 10.1. The minimum atomic E-state index is -0.199. The summed E-state index contributed by atoms with van der Waals surface area (Å²) in [5, 5.41) is 3.29. The highest BCUT2D eigenvalue weighted by Crippen LogP contribution is 2.21. The van der Waals surface area contributed by atoms with E-state index in [0.717, 1.165) is 11.4 Å². The number of halogens is 1. The third kappa shape index (κ3) is 4.04. The van der Waals surface area contributed by atoms with Crippen LogP contribution in [0.2, 0.25) is 0 Å². The molecular weight excluding hydrogens is 267 g/mol. The average Bonchev–Trinajstić information content (AvgIpc) is 2.82. The van der Waals surface area contributed by atoms with Gasteiger partial charge in [0.05, 0.1) is 12.2 Å². The first-order valence-corrected chi connectivity index (χ1v) is 7.16. The van der Waals surface area contributed by atoms with Crippen LogP contribution in [-0.2, 0) is 20.1 Å². The first-order chi connectivity index (χ1) is 9.97. The number of nitrogens with zero attached hydrogens (tertiary/aromatic N) is 3. The molecule has 0 aliphatic rings. The highest BCUT2D eigenvalue weighted by Gasteiger charge is 2.11. The number of imidazole rings is 1. The van der Waals surface area contributed by atoms with Gasteiger partial charge < -0.3 is 14.8 Å². The summed E-state index contributed by atoms with van der Waals surface area (Å²) in [6.07, 6.45) is 3.64. The summed E-state index contributed by atoms with van der Waals surface area (Å²) in [5.41, 5.74) is 1.54. The molecule has 0 aliphatic carbocycles. The number of aromatic nitrogens is 2. The number of nitrogens with one attached hydrogen (secondary N) is 1. The molecule has 0 fully saturated rings. The molecule has 0 unspecified atom stereocenters. The molecule has 1 heterocycles. The van der Waals surface area contributed by atoms with Crippen molar-refractivity contribution in [3.63, 3.8) is 0 Å². The van der Waals surface area contributed by atoms with Crippen LogP contribution < -0.4 is 10.2 Å². The van der Waals surface area contributed by atoms with E-state index in [2.05, 4.69) is 24.1 Å². The molecule has 4 nitrogen and oxygen atoms in total. The maximum Gasteiger partial charge on any atom is 0.146 e. The predicted molar refractivity (Wildman–Crippen MR) is 83.7 cm³/mol. The Bertz CT molecular complexity index is 592. The van der Waals surface area contributed by atoms with Crippen LogP contribution in [0.15, 0.2) is 30.6 Å². The fourth-order valence-corrected chi connectivity index (χ4v) is 2.14. The second kappa shape index (κ2) is 6.72. The van der Waals surface area contributed by atoms with Crippen molar-refractivity contribution in [1.29, 1.82) is 0 Å². The number of benzene rings is 1. The molecule has 0 aliphatic heterocycles. The molecule has 0 saturated carbocycles. The van der Waals surface area contributed by atoms with Crippen molar-refractivity contribution >= 4 is 5.69 Å². The number of hydrogen-bond acceptors (Lipinski definition) is 3. The highest BCUT2D eigenvalue weighted by atomic mass is 19.1. The van der Waals surface area contributed by atoms with E-state index >= 15 is 0 Å². The van der Waals surface area contributed by atoms with E-state index in [1.165, 1.54) is 0 Å². The first-order valence-electron chi connectivity index (χ1n) is 7.16. The monoisotopic (exact) mass is 290 g/mol. The topological polar surface area (TPSA) is 33.1 Å². The Hall–Kier alpha value is -1.88. The summed E-state index contributed by atoms with van der Waals surface area (Å²) in [6, 6.07) is 5.77. The molecule has 0 atom stereocenters. The SMILES string of the molecule is CC(C)NCc1ccc(N(C)Cc2nccn2C)c(F)c1. The second-order valence-corrected chi connectivity index (χ2v) is 5.63. The molecule has 1 aromatic heterocycles. The third-order valence-electron chi connectivity index (χ3n) is 3.44. The van der Waals surface area contributed by atoms with Crippen LogP contribution in [0.4, 0.5) is 10.1 Å². The lowest BCUT2D eigenvalue weighted by molar-refractivity contribution is 0.580. The predicted octanol–water partition coefficient (Wildman–Crippen LogP) is 2.69. The lowest BCUT2D eigenvalue weighted by Gasteiger charge is -2.20. The van der Waals surface area contributed by atoms with Crippen LogP contribution in [0.1, 0.15) is 25.2 Å². The Labute approximate surface area is 125 Å². The van der Waals surface area contributed by atoms with Crippen LogP contribution in [0.25, 0.3) is 0 Å². The summed E-state index contributed by atoms with van der Waals surface area (Å²) >= 11 is 0. The number of rotatable bonds is 6. The van der Waals surface area contributed by atoms with E-state index in [-0.39, 0.29) is 5.82 Å². The van der Waals surface area contributed by atoms with E-state index < -0.39 is 0 Å². The van der Waals surface area contributed by atoms with E-state index in [4.69, 9.17) is 0 Å². The molecule has 21 heavy (non-hydrogen) atoms. The Morgan fingerprint density at radius 3 is 2.71 bits per heavy atom. The van der Waals surface area contributed by atoms with Crippen LogP contribution in [0.3, 0.4) is 0 Å². The van der Waals surface area contributed by atoms with Gasteiger partial charge in [0.15, 0.2) is 0 Å². The molecular formula is C16H23FN4. The normalized spacial score (nSPS) is 11.1. The maximum atomic E-state index is 14.3. The smallest absolute Gasteiger partial charge is 0.146 e. The van der Waals surface area contributed by atoms with Crippen LogP contribution in [-0.4, -0.2) is 22.6 Å². The fraction of sp³-hybridized carbons (Fsp3) is 0.438. The molecule has 5 heteroatoms. The maximum absolute atomic E-state index is 14.3. The van der Waals surface area contributed by atoms with Crippen LogP contribution in [0, 0.1) is 5.82 Å². The standard InChI is InChI=1S/C16H23FN4/c1-12(2)19-10-13-5-6-15(14(17)9-13)21(4)11-16-18-7-8-20(16)3/h5-9,12,19H,10-11H2,1-4H3. The zero-order valence-electron chi connectivity index (χ0n) is 13.1. The van der Waals surface area contributed by atoms with Crippen molar-refractivity contribution in [2.24, 2.45) is 7.05 Å². The first kappa shape index (κ1) is 15.5. The van der Waals surface area contributed by atoms with E-state index in [1.54, 1.807) is 12.3 Å². The minimum absolute atomic E-state index is 0.199. The summed E-state index contributed by atoms with van der Waals surface area (Å²) in [4.78, 5) is 6.14. The van der Waals surface area contributed by atoms with Crippen molar-refractivity contribution < 1.29 is 4.39 Å². The minimum Gasteiger partial charge on any atom is -0.365 e. The van der Waals surface area contributed by atoms with Crippen molar-refractivity contribution in [3.05, 3.63) is 47.8 Å². The summed E-state index contributed by atoms with van der Waals surface area (Å²) in [6.45, 7) is 5.40. The zero-order valence-corrected chi connectivity index (χ0v) is 13.1. The van der Waals surface area contributed by atoms with Gasteiger partial charge in [-0.1, -0.05) is 19.9 Å². The summed E-state index contributed by atoms with van der Waals surface area (Å²) < 4.78 is 16.2. The van der Waals surface area contributed by atoms with Crippen molar-refractivity contribution in [2.45, 2.75) is 33.0 Å². The molecule has 2 aromatic rings. The summed E-state index contributed by atoms with van der Waals surface area (Å²) in [7, 11) is 3.81. The van der Waals surface area contributed by atoms with Crippen LogP contribution in [0.5, 0.6) is 0 Å². The Morgan fingerprint density at radius 2 is 2.14 bits per heavy atom. The Balaban J connectivity index is 2.07. The van der Waals surface area contributed by atoms with Crippen molar-refractivity contribution in [2.75, 3.05) is 11.9 Å². The molecule has 2 rings (SSSR count). The highest BCUT2D eigenvalue weighted by molar-refractivity contribution is 5.48. The average molecular weight is 290 g/mol. The lowest BCUT2D eigenvalue weighted by Crippen LogP contribution is -2.22. The van der Waals surface area contributed by atoms with Gasteiger partial charge in [-0.25, -0.2) is 9.37 Å². The fourth-order valence-electron chi connectivity index (χ4n) is 2.14. The number of hydrogen-bond donors (Lipinski definition) is 1. The van der Waals surface area contributed by atoms with Gasteiger partial charge in [0.2, 0.25) is 0 Å². The Morgan fingerprint density at radius 1 is 1.38 bits per heavy atom. The van der Waals surface area contributed by atoms with Gasteiger partial charge in [-0.2, -0.15) is 0 Å². The van der Waals surface area contributed by atoms with Gasteiger partial charge in [-0.05, 0) is 17.7 Å². The molecule has 0 saturated heterocycles. The zero-order chi connectivity index (χ0) is 15.4. The van der Waals surface area contributed by atoms with Crippen molar-refractivity contribution in [3.8, 4) is 0 Å². The Kier molecular flexibility index (Phi) is 4.96. The quantitative estimate of drug-likeness (QED) is 0.888. The molecule has 114 valence electrons. The second-order valence-electron chi connectivity index (χ2n) is 5.63. The molecule has 0 amide bonds. The van der Waals surface area contributed by atoms with Crippen LogP contribution >= 0.6 is 0 Å². The molecule has 0 radical (unpaired) electrons. The van der Waals surface area contributed by atoms with Gasteiger partial charge in [0, 0.05) is 39.1 Å². The molecule has 0 spiro atoms. The molecule has 0 bridgehead atoms. The number of anilines is 1. The summed E-state index contributed by atoms with van der Waals surface area (Å²) in [5.74, 6) is 0.706. The number of aryl methyl sites for hydroxylation is 1. The van der Waals surface area contributed by atoms with Gasteiger partial charge in [0.25, 0.3) is 0 Å². The molecule has 1 N–H and O–H groups in total. The van der Waals surface area contributed by atoms with E-state index in [0.29, 0.717) is 24.8 Å². The van der Waals surface area contributed by atoms with Gasteiger partial charge in [0.1, 0.15) is 11.6 Å². The van der Waals surface area contributed by atoms with E-state index in [9.17, 15) is 4.39 Å². The van der Waals surface area contributed by atoms with Crippen molar-refractivity contribution in [1.82, 2.24) is 14.9 Å². The van der Waals surface area contributed by atoms with Gasteiger partial charge >= 0.3 is 0 Å². The van der Waals surface area contributed by atoms with Gasteiger partial charge in [-0.15, -0.1) is 0 Å².